The number of ether oxygens (including phenoxy) is 1. The van der Waals surface area contributed by atoms with Gasteiger partial charge in [0.2, 0.25) is 0 Å². The minimum absolute atomic E-state index is 0.0377. The summed E-state index contributed by atoms with van der Waals surface area (Å²) in [6.07, 6.45) is 0. The quantitative estimate of drug-likeness (QED) is 0.796. The summed E-state index contributed by atoms with van der Waals surface area (Å²) in [5, 5.41) is 3.00. The van der Waals surface area contributed by atoms with Crippen LogP contribution in [0.5, 0.6) is 0 Å². The van der Waals surface area contributed by atoms with Crippen molar-refractivity contribution in [3.05, 3.63) is 73.3 Å². The van der Waals surface area contributed by atoms with Crippen LogP contribution in [0.15, 0.2) is 45.1 Å². The zero-order valence-corrected chi connectivity index (χ0v) is 13.3. The van der Waals surface area contributed by atoms with Gasteiger partial charge in [0, 0.05) is 6.54 Å². The van der Waals surface area contributed by atoms with Crippen LogP contribution in [0.4, 0.5) is 10.2 Å². The van der Waals surface area contributed by atoms with E-state index >= 15 is 0 Å². The van der Waals surface area contributed by atoms with E-state index in [9.17, 15) is 18.8 Å². The van der Waals surface area contributed by atoms with Gasteiger partial charge in [-0.15, -0.1) is 0 Å². The smallest absolute Gasteiger partial charge is 0.337 e. The average molecular weight is 343 g/mol. The number of nitrogens with one attached hydrogen (secondary N) is 2. The molecular formula is C17H14FN3O4. The summed E-state index contributed by atoms with van der Waals surface area (Å²) in [6.45, 7) is 2.14. The first-order chi connectivity index (χ1) is 12.0. The Kier molecular flexibility index (Phi) is 3.34. The predicted octanol–water partition coefficient (Wildman–Crippen LogP) is 1.06. The third kappa shape index (κ3) is 2.21. The van der Waals surface area contributed by atoms with Crippen molar-refractivity contribution in [2.45, 2.75) is 19.4 Å². The molecule has 0 saturated carbocycles. The summed E-state index contributed by atoms with van der Waals surface area (Å²) in [5.74, 6) is -1.35. The Bertz CT molecular complexity index is 1030. The number of esters is 1. The largest absolute Gasteiger partial charge is 0.456 e. The molecule has 2 aliphatic rings. The molecule has 2 N–H and O–H groups in total. The molecule has 0 unspecified atom stereocenters. The molecule has 1 atom stereocenters. The lowest BCUT2D eigenvalue weighted by Crippen LogP contribution is -2.38. The van der Waals surface area contributed by atoms with Gasteiger partial charge >= 0.3 is 11.7 Å². The molecular weight excluding hydrogens is 329 g/mol. The normalized spacial score (nSPS) is 18.5. The molecule has 3 heterocycles. The van der Waals surface area contributed by atoms with Gasteiger partial charge in [-0.1, -0.05) is 12.1 Å². The molecule has 2 aliphatic heterocycles. The summed E-state index contributed by atoms with van der Waals surface area (Å²) in [7, 11) is 0. The van der Waals surface area contributed by atoms with Crippen LogP contribution in [0.25, 0.3) is 0 Å². The lowest BCUT2D eigenvalue weighted by molar-refractivity contribution is -0.136. The molecule has 0 saturated heterocycles. The zero-order valence-electron chi connectivity index (χ0n) is 13.3. The molecule has 1 aromatic carbocycles. The average Bonchev–Trinajstić information content (AvgIpc) is 2.95. The number of carbonyl (C=O) groups is 1. The van der Waals surface area contributed by atoms with Crippen LogP contribution < -0.4 is 16.6 Å². The number of hydrogen-bond donors (Lipinski definition) is 2. The van der Waals surface area contributed by atoms with E-state index in [0.29, 0.717) is 29.2 Å². The number of anilines is 1. The van der Waals surface area contributed by atoms with Gasteiger partial charge in [-0.05, 0) is 24.6 Å². The van der Waals surface area contributed by atoms with Crippen molar-refractivity contribution in [2.75, 3.05) is 11.9 Å². The number of H-pyrrole nitrogens is 1. The van der Waals surface area contributed by atoms with Gasteiger partial charge in [0.15, 0.2) is 0 Å². The first-order valence-electron chi connectivity index (χ1n) is 7.81. The number of aromatic nitrogens is 2. The highest BCUT2D eigenvalue weighted by Gasteiger charge is 2.41. The number of aromatic amines is 1. The summed E-state index contributed by atoms with van der Waals surface area (Å²) in [6, 6.07) is 5.57. The molecule has 0 fully saturated rings. The van der Waals surface area contributed by atoms with Gasteiger partial charge in [-0.3, -0.25) is 14.3 Å². The Labute approximate surface area is 140 Å². The van der Waals surface area contributed by atoms with Gasteiger partial charge in [0.25, 0.3) is 5.56 Å². The van der Waals surface area contributed by atoms with Crippen molar-refractivity contribution in [3.63, 3.8) is 0 Å². The monoisotopic (exact) mass is 343 g/mol. The minimum Gasteiger partial charge on any atom is -0.456 e. The van der Waals surface area contributed by atoms with Crippen molar-refractivity contribution in [3.8, 4) is 0 Å². The molecule has 128 valence electrons. The Morgan fingerprint density at radius 2 is 1.96 bits per heavy atom. The van der Waals surface area contributed by atoms with Gasteiger partial charge in [-0.2, -0.15) is 0 Å². The van der Waals surface area contributed by atoms with Crippen molar-refractivity contribution in [1.29, 1.82) is 0 Å². The maximum atomic E-state index is 13.3. The van der Waals surface area contributed by atoms with Gasteiger partial charge in [0.1, 0.15) is 18.2 Å². The van der Waals surface area contributed by atoms with E-state index in [1.54, 1.807) is 6.92 Å². The van der Waals surface area contributed by atoms with Crippen LogP contribution in [0, 0.1) is 5.82 Å². The third-order valence-corrected chi connectivity index (χ3v) is 4.49. The predicted molar refractivity (Wildman–Crippen MR) is 86.8 cm³/mol. The fourth-order valence-electron chi connectivity index (χ4n) is 3.38. The lowest BCUT2D eigenvalue weighted by atomic mass is 9.83. The molecule has 4 rings (SSSR count). The fraction of sp³-hybridized carbons (Fsp3) is 0.235. The highest BCUT2D eigenvalue weighted by Crippen LogP contribution is 2.42. The Morgan fingerprint density at radius 1 is 1.24 bits per heavy atom. The van der Waals surface area contributed by atoms with E-state index < -0.39 is 29.0 Å². The highest BCUT2D eigenvalue weighted by molar-refractivity contribution is 5.96. The number of benzene rings is 1. The summed E-state index contributed by atoms with van der Waals surface area (Å²) >= 11 is 0. The lowest BCUT2D eigenvalue weighted by Gasteiger charge is -2.27. The van der Waals surface area contributed by atoms with Crippen LogP contribution in [0.1, 0.15) is 24.0 Å². The molecule has 0 aliphatic carbocycles. The topological polar surface area (TPSA) is 93.2 Å². The molecule has 0 bridgehead atoms. The number of halogens is 1. The number of hydrogen-bond acceptors (Lipinski definition) is 5. The van der Waals surface area contributed by atoms with E-state index in [2.05, 4.69) is 10.3 Å². The molecule has 25 heavy (non-hydrogen) atoms. The molecule has 8 heteroatoms. The highest BCUT2D eigenvalue weighted by atomic mass is 19.1. The van der Waals surface area contributed by atoms with Crippen molar-refractivity contribution >= 4 is 11.8 Å². The molecule has 2 aromatic rings. The Morgan fingerprint density at radius 3 is 2.64 bits per heavy atom. The van der Waals surface area contributed by atoms with Crippen molar-refractivity contribution in [1.82, 2.24) is 9.55 Å². The Hall–Kier alpha value is -3.16. The van der Waals surface area contributed by atoms with E-state index in [1.807, 2.05) is 0 Å². The zero-order chi connectivity index (χ0) is 17.7. The summed E-state index contributed by atoms with van der Waals surface area (Å²) in [4.78, 5) is 39.1. The van der Waals surface area contributed by atoms with Crippen LogP contribution in [0.2, 0.25) is 0 Å². The van der Waals surface area contributed by atoms with E-state index in [1.165, 1.54) is 28.8 Å². The van der Waals surface area contributed by atoms with Crippen LogP contribution in [-0.2, 0) is 16.1 Å². The molecule has 1 aromatic heterocycles. The second-order valence-corrected chi connectivity index (χ2v) is 5.84. The maximum Gasteiger partial charge on any atom is 0.337 e. The number of rotatable bonds is 2. The second kappa shape index (κ2) is 5.44. The molecule has 0 amide bonds. The first-order valence-corrected chi connectivity index (χ1v) is 7.81. The maximum absolute atomic E-state index is 13.3. The number of fused-ring (bicyclic) bond motifs is 1. The number of cyclic esters (lactones) is 1. The SMILES string of the molecule is CCn1c2c(c(=O)[nH]c1=O)[C@H](c1ccc(F)cc1)C1=C(COC1=O)N2. The van der Waals surface area contributed by atoms with E-state index in [-0.39, 0.29) is 12.2 Å². The van der Waals surface area contributed by atoms with Crippen LogP contribution in [0.3, 0.4) is 0 Å². The first kappa shape index (κ1) is 15.4. The van der Waals surface area contributed by atoms with Crippen molar-refractivity contribution < 1.29 is 13.9 Å². The van der Waals surface area contributed by atoms with Gasteiger partial charge in [-0.25, -0.2) is 14.0 Å². The summed E-state index contributed by atoms with van der Waals surface area (Å²) in [5.41, 5.74) is 0.515. The molecule has 7 nitrogen and oxygen atoms in total. The Balaban J connectivity index is 2.04. The standard InChI is InChI=1S/C17H14FN3O4/c1-2-21-14-13(15(22)20-17(21)24)11(8-3-5-9(18)6-4-8)12-10(19-14)7-25-16(12)23/h3-6,11,19H,2,7H2,1H3,(H,20,22,24)/t11-/m1/s1. The second-order valence-electron chi connectivity index (χ2n) is 5.84. The summed E-state index contributed by atoms with van der Waals surface area (Å²) < 4.78 is 19.8. The molecule has 0 radical (unpaired) electrons. The number of carbonyl (C=O) groups excluding carboxylic acids is 1. The van der Waals surface area contributed by atoms with E-state index in [0.717, 1.165) is 0 Å². The third-order valence-electron chi connectivity index (χ3n) is 4.49. The van der Waals surface area contributed by atoms with Crippen LogP contribution in [-0.4, -0.2) is 22.1 Å². The van der Waals surface area contributed by atoms with Crippen molar-refractivity contribution in [2.24, 2.45) is 0 Å². The van der Waals surface area contributed by atoms with Crippen LogP contribution >= 0.6 is 0 Å². The number of nitrogens with zero attached hydrogens (tertiary/aromatic N) is 1. The fourth-order valence-corrected chi connectivity index (χ4v) is 3.38. The van der Waals surface area contributed by atoms with Gasteiger partial charge in [0.05, 0.1) is 22.8 Å². The minimum atomic E-state index is -0.732. The van der Waals surface area contributed by atoms with Gasteiger partial charge < -0.3 is 10.1 Å². The van der Waals surface area contributed by atoms with E-state index in [4.69, 9.17) is 4.74 Å². The molecule has 0 spiro atoms.